The topological polar surface area (TPSA) is 30.5 Å². The monoisotopic (exact) mass is 279 g/mol. The van der Waals surface area contributed by atoms with E-state index in [0.29, 0.717) is 12.0 Å². The maximum atomic E-state index is 5.57. The Kier molecular flexibility index (Phi) is 8.31. The summed E-state index contributed by atoms with van der Waals surface area (Å²) in [5, 5.41) is 3.54. The number of methoxy groups -OCH3 is 1. The Morgan fingerprint density at radius 3 is 2.40 bits per heavy atom. The van der Waals surface area contributed by atoms with Crippen LogP contribution in [-0.4, -0.2) is 32.9 Å². The van der Waals surface area contributed by atoms with E-state index < -0.39 is 0 Å². The molecule has 0 fully saturated rings. The fourth-order valence-corrected chi connectivity index (χ4v) is 2.03. The zero-order valence-corrected chi connectivity index (χ0v) is 13.3. The van der Waals surface area contributed by atoms with Gasteiger partial charge in [-0.05, 0) is 49.9 Å². The average Bonchev–Trinajstić information content (AvgIpc) is 2.43. The van der Waals surface area contributed by atoms with Gasteiger partial charge in [-0.3, -0.25) is 0 Å². The zero-order valence-electron chi connectivity index (χ0n) is 13.3. The summed E-state index contributed by atoms with van der Waals surface area (Å²) in [6, 6.07) is 8.77. The molecule has 1 unspecified atom stereocenters. The Morgan fingerprint density at radius 1 is 1.10 bits per heavy atom. The molecule has 0 bridgehead atoms. The lowest BCUT2D eigenvalue weighted by Gasteiger charge is -2.14. The summed E-state index contributed by atoms with van der Waals surface area (Å²) in [5.41, 5.74) is 1.34. The second kappa shape index (κ2) is 9.78. The molecule has 3 heteroatoms. The summed E-state index contributed by atoms with van der Waals surface area (Å²) in [6.45, 7) is 9.29. The second-order valence-corrected chi connectivity index (χ2v) is 5.73. The first-order chi connectivity index (χ1) is 9.61. The number of benzene rings is 1. The number of hydrogen-bond donors (Lipinski definition) is 1. The molecule has 0 saturated heterocycles. The van der Waals surface area contributed by atoms with Crippen LogP contribution in [0.25, 0.3) is 0 Å². The van der Waals surface area contributed by atoms with Gasteiger partial charge in [-0.2, -0.15) is 0 Å². The molecule has 0 aliphatic rings. The molecule has 20 heavy (non-hydrogen) atoms. The van der Waals surface area contributed by atoms with E-state index in [2.05, 4.69) is 38.2 Å². The zero-order chi connectivity index (χ0) is 14.8. The van der Waals surface area contributed by atoms with E-state index in [9.17, 15) is 0 Å². The predicted octanol–water partition coefficient (Wildman–Crippen LogP) is 3.28. The van der Waals surface area contributed by atoms with Gasteiger partial charge in [-0.15, -0.1) is 0 Å². The van der Waals surface area contributed by atoms with Crippen LogP contribution in [-0.2, 0) is 11.2 Å². The van der Waals surface area contributed by atoms with Gasteiger partial charge in [0, 0.05) is 19.3 Å². The van der Waals surface area contributed by atoms with E-state index >= 15 is 0 Å². The van der Waals surface area contributed by atoms with Crippen LogP contribution in [0, 0.1) is 5.92 Å². The molecule has 114 valence electrons. The fraction of sp³-hybridized carbons (Fsp3) is 0.647. The smallest absolute Gasteiger partial charge is 0.118 e. The Labute approximate surface area is 123 Å². The maximum Gasteiger partial charge on any atom is 0.118 e. The lowest BCUT2D eigenvalue weighted by molar-refractivity contribution is 0.107. The number of rotatable bonds is 10. The first kappa shape index (κ1) is 17.0. The standard InChI is InChI=1S/C17H29NO2/c1-14(2)13-20-11-5-10-18-15(3)12-16-6-8-17(19-4)9-7-16/h6-9,14-15,18H,5,10-13H2,1-4H3. The molecule has 0 saturated carbocycles. The highest BCUT2D eigenvalue weighted by Crippen LogP contribution is 2.12. The molecule has 0 aliphatic carbocycles. The maximum absolute atomic E-state index is 5.57. The largest absolute Gasteiger partial charge is 0.497 e. The van der Waals surface area contributed by atoms with Crippen molar-refractivity contribution in [2.45, 2.75) is 39.7 Å². The molecular weight excluding hydrogens is 250 g/mol. The predicted molar refractivity (Wildman–Crippen MR) is 84.4 cm³/mol. The van der Waals surface area contributed by atoms with E-state index in [4.69, 9.17) is 9.47 Å². The first-order valence-electron chi connectivity index (χ1n) is 7.56. The van der Waals surface area contributed by atoms with Gasteiger partial charge >= 0.3 is 0 Å². The van der Waals surface area contributed by atoms with E-state index in [1.54, 1.807) is 7.11 Å². The van der Waals surface area contributed by atoms with Gasteiger partial charge in [0.25, 0.3) is 0 Å². The van der Waals surface area contributed by atoms with Crippen molar-refractivity contribution in [1.29, 1.82) is 0 Å². The third-order valence-corrected chi connectivity index (χ3v) is 3.11. The molecule has 0 radical (unpaired) electrons. The van der Waals surface area contributed by atoms with Crippen molar-refractivity contribution in [2.24, 2.45) is 5.92 Å². The van der Waals surface area contributed by atoms with Crippen LogP contribution >= 0.6 is 0 Å². The van der Waals surface area contributed by atoms with Gasteiger partial charge in [0.15, 0.2) is 0 Å². The summed E-state index contributed by atoms with van der Waals surface area (Å²) in [6.07, 6.45) is 2.11. The molecule has 0 aromatic heterocycles. The SMILES string of the molecule is COc1ccc(CC(C)NCCCOCC(C)C)cc1. The third-order valence-electron chi connectivity index (χ3n) is 3.11. The van der Waals surface area contributed by atoms with Crippen molar-refractivity contribution in [1.82, 2.24) is 5.32 Å². The Hall–Kier alpha value is -1.06. The number of ether oxygens (including phenoxy) is 2. The van der Waals surface area contributed by atoms with Gasteiger partial charge in [0.1, 0.15) is 5.75 Å². The van der Waals surface area contributed by atoms with E-state index in [0.717, 1.165) is 38.3 Å². The van der Waals surface area contributed by atoms with Crippen LogP contribution in [0.5, 0.6) is 5.75 Å². The average molecular weight is 279 g/mol. The normalized spacial score (nSPS) is 12.7. The molecule has 1 rings (SSSR count). The van der Waals surface area contributed by atoms with Crippen LogP contribution in [0.2, 0.25) is 0 Å². The number of nitrogens with one attached hydrogen (secondary N) is 1. The molecule has 0 heterocycles. The van der Waals surface area contributed by atoms with Crippen molar-refractivity contribution in [3.8, 4) is 5.75 Å². The van der Waals surface area contributed by atoms with Crippen LogP contribution in [0.1, 0.15) is 32.8 Å². The van der Waals surface area contributed by atoms with Crippen molar-refractivity contribution < 1.29 is 9.47 Å². The van der Waals surface area contributed by atoms with E-state index in [1.165, 1.54) is 5.56 Å². The van der Waals surface area contributed by atoms with Gasteiger partial charge in [0.2, 0.25) is 0 Å². The van der Waals surface area contributed by atoms with Crippen molar-refractivity contribution in [2.75, 3.05) is 26.9 Å². The molecule has 0 spiro atoms. The van der Waals surface area contributed by atoms with E-state index in [1.807, 2.05) is 12.1 Å². The van der Waals surface area contributed by atoms with Gasteiger partial charge in [-0.1, -0.05) is 26.0 Å². The van der Waals surface area contributed by atoms with Crippen molar-refractivity contribution >= 4 is 0 Å². The number of hydrogen-bond acceptors (Lipinski definition) is 3. The summed E-state index contributed by atoms with van der Waals surface area (Å²) in [4.78, 5) is 0. The van der Waals surface area contributed by atoms with Crippen LogP contribution in [0.3, 0.4) is 0 Å². The Balaban J connectivity index is 2.11. The third kappa shape index (κ3) is 7.51. The Bertz CT molecular complexity index is 349. The molecule has 0 aliphatic heterocycles. The summed E-state index contributed by atoms with van der Waals surface area (Å²) >= 11 is 0. The quantitative estimate of drug-likeness (QED) is 0.667. The molecule has 3 nitrogen and oxygen atoms in total. The highest BCUT2D eigenvalue weighted by Gasteiger charge is 2.03. The molecule has 1 N–H and O–H groups in total. The van der Waals surface area contributed by atoms with Crippen LogP contribution in [0.15, 0.2) is 24.3 Å². The summed E-state index contributed by atoms with van der Waals surface area (Å²) < 4.78 is 10.7. The van der Waals surface area contributed by atoms with Gasteiger partial charge in [-0.25, -0.2) is 0 Å². The fourth-order valence-electron chi connectivity index (χ4n) is 2.03. The van der Waals surface area contributed by atoms with Crippen molar-refractivity contribution in [3.63, 3.8) is 0 Å². The Morgan fingerprint density at radius 2 is 1.80 bits per heavy atom. The summed E-state index contributed by atoms with van der Waals surface area (Å²) in [7, 11) is 1.69. The minimum absolute atomic E-state index is 0.480. The molecular formula is C17H29NO2. The van der Waals surface area contributed by atoms with E-state index in [-0.39, 0.29) is 0 Å². The summed E-state index contributed by atoms with van der Waals surface area (Å²) in [5.74, 6) is 1.54. The highest BCUT2D eigenvalue weighted by atomic mass is 16.5. The molecule has 1 atom stereocenters. The first-order valence-corrected chi connectivity index (χ1v) is 7.56. The van der Waals surface area contributed by atoms with Gasteiger partial charge in [0.05, 0.1) is 7.11 Å². The minimum atomic E-state index is 0.480. The lowest BCUT2D eigenvalue weighted by atomic mass is 10.1. The molecule has 0 amide bonds. The van der Waals surface area contributed by atoms with Crippen LogP contribution in [0.4, 0.5) is 0 Å². The highest BCUT2D eigenvalue weighted by molar-refractivity contribution is 5.27. The van der Waals surface area contributed by atoms with Gasteiger partial charge < -0.3 is 14.8 Å². The molecule has 1 aromatic rings. The lowest BCUT2D eigenvalue weighted by Crippen LogP contribution is -2.29. The molecule has 1 aromatic carbocycles. The van der Waals surface area contributed by atoms with Crippen molar-refractivity contribution in [3.05, 3.63) is 29.8 Å². The van der Waals surface area contributed by atoms with Crippen LogP contribution < -0.4 is 10.1 Å². The second-order valence-electron chi connectivity index (χ2n) is 5.73. The minimum Gasteiger partial charge on any atom is -0.497 e.